The summed E-state index contributed by atoms with van der Waals surface area (Å²) < 4.78 is 0. The molecule has 2 aromatic rings. The highest BCUT2D eigenvalue weighted by atomic mass is 16.6. The first kappa shape index (κ1) is 16.1. The van der Waals surface area contributed by atoms with Crippen molar-refractivity contribution in [2.45, 2.75) is 19.4 Å². The van der Waals surface area contributed by atoms with Crippen molar-refractivity contribution >= 4 is 17.3 Å². The number of amides is 1. The Kier molecular flexibility index (Phi) is 4.52. The summed E-state index contributed by atoms with van der Waals surface area (Å²) in [5.41, 5.74) is 2.74. The molecule has 0 fully saturated rings. The van der Waals surface area contributed by atoms with Gasteiger partial charge in [0.1, 0.15) is 0 Å². The van der Waals surface area contributed by atoms with Gasteiger partial charge in [-0.1, -0.05) is 0 Å². The number of hydrogen-bond acceptors (Lipinski definition) is 5. The first-order valence-corrected chi connectivity index (χ1v) is 7.77. The molecule has 0 saturated heterocycles. The largest absolute Gasteiger partial charge is 0.311 e. The molecule has 0 unspecified atom stereocenters. The van der Waals surface area contributed by atoms with Crippen LogP contribution in [0.5, 0.6) is 0 Å². The monoisotopic (exact) mass is 326 g/mol. The van der Waals surface area contributed by atoms with E-state index in [1.54, 1.807) is 29.4 Å². The van der Waals surface area contributed by atoms with Gasteiger partial charge in [-0.15, -0.1) is 0 Å². The fraction of sp³-hybridized carbons (Fsp3) is 0.294. The van der Waals surface area contributed by atoms with Gasteiger partial charge in [0.05, 0.1) is 11.5 Å². The van der Waals surface area contributed by atoms with Crippen LogP contribution < -0.4 is 10.2 Å². The molecule has 1 amide bonds. The molecule has 1 aromatic heterocycles. The molecule has 1 atom stereocenters. The highest BCUT2D eigenvalue weighted by Crippen LogP contribution is 2.31. The fourth-order valence-electron chi connectivity index (χ4n) is 2.87. The summed E-state index contributed by atoms with van der Waals surface area (Å²) in [4.78, 5) is 28.6. The molecule has 0 spiro atoms. The molecule has 0 bridgehead atoms. The SMILES string of the molecule is C[C@H](NCC(=O)N1CCc2cc([N+](=O)[O-])ccc21)c1ccncc1. The molecule has 0 saturated carbocycles. The van der Waals surface area contributed by atoms with Gasteiger partial charge in [-0.3, -0.25) is 19.9 Å². The van der Waals surface area contributed by atoms with E-state index in [0.717, 1.165) is 16.8 Å². The number of aromatic nitrogens is 1. The lowest BCUT2D eigenvalue weighted by Gasteiger charge is -2.20. The van der Waals surface area contributed by atoms with Crippen molar-refractivity contribution in [3.05, 3.63) is 64.0 Å². The molecule has 24 heavy (non-hydrogen) atoms. The predicted molar refractivity (Wildman–Crippen MR) is 89.8 cm³/mol. The summed E-state index contributed by atoms with van der Waals surface area (Å²) in [6, 6.07) is 8.51. The number of nitrogens with one attached hydrogen (secondary N) is 1. The fourth-order valence-corrected chi connectivity index (χ4v) is 2.87. The zero-order chi connectivity index (χ0) is 17.1. The summed E-state index contributed by atoms with van der Waals surface area (Å²) in [5.74, 6) is -0.0384. The number of anilines is 1. The quantitative estimate of drug-likeness (QED) is 0.672. The predicted octanol–water partition coefficient (Wildman–Crippen LogP) is 2.23. The molecule has 1 aliphatic rings. The molecule has 124 valence electrons. The Morgan fingerprint density at radius 3 is 2.83 bits per heavy atom. The summed E-state index contributed by atoms with van der Waals surface area (Å²) in [7, 11) is 0. The van der Waals surface area contributed by atoms with Crippen molar-refractivity contribution in [2.24, 2.45) is 0 Å². The van der Waals surface area contributed by atoms with Gasteiger partial charge in [0.15, 0.2) is 0 Å². The van der Waals surface area contributed by atoms with Crippen LogP contribution in [0, 0.1) is 10.1 Å². The van der Waals surface area contributed by atoms with Gasteiger partial charge in [-0.25, -0.2) is 0 Å². The summed E-state index contributed by atoms with van der Waals surface area (Å²) in [6.45, 7) is 2.75. The number of benzene rings is 1. The highest BCUT2D eigenvalue weighted by Gasteiger charge is 2.26. The Labute approximate surface area is 139 Å². The Morgan fingerprint density at radius 2 is 2.12 bits per heavy atom. The Morgan fingerprint density at radius 1 is 1.38 bits per heavy atom. The topological polar surface area (TPSA) is 88.4 Å². The maximum Gasteiger partial charge on any atom is 0.269 e. The van der Waals surface area contributed by atoms with Gasteiger partial charge in [0.2, 0.25) is 5.91 Å². The zero-order valence-electron chi connectivity index (χ0n) is 13.3. The number of fused-ring (bicyclic) bond motifs is 1. The number of hydrogen-bond donors (Lipinski definition) is 1. The number of nitro groups is 1. The van der Waals surface area contributed by atoms with Gasteiger partial charge in [-0.2, -0.15) is 0 Å². The van der Waals surface area contributed by atoms with E-state index in [0.29, 0.717) is 13.0 Å². The molecular weight excluding hydrogens is 308 g/mol. The van der Waals surface area contributed by atoms with Crippen LogP contribution >= 0.6 is 0 Å². The third-order valence-corrected chi connectivity index (χ3v) is 4.24. The molecule has 2 heterocycles. The number of carbonyl (C=O) groups is 1. The van der Waals surface area contributed by atoms with Gasteiger partial charge < -0.3 is 10.2 Å². The van der Waals surface area contributed by atoms with E-state index >= 15 is 0 Å². The molecule has 7 heteroatoms. The smallest absolute Gasteiger partial charge is 0.269 e. The van der Waals surface area contributed by atoms with Gasteiger partial charge >= 0.3 is 0 Å². The Balaban J connectivity index is 1.64. The average molecular weight is 326 g/mol. The summed E-state index contributed by atoms with van der Waals surface area (Å²) in [5, 5.41) is 14.0. The maximum atomic E-state index is 12.5. The van der Waals surface area contributed by atoms with Gasteiger partial charge in [0.25, 0.3) is 5.69 Å². The standard InChI is InChI=1S/C17H18N4O3/c1-12(13-4-7-18-8-5-13)19-11-17(22)20-9-6-14-10-15(21(23)24)2-3-16(14)20/h2-5,7-8,10,12,19H,6,9,11H2,1H3/t12-/m0/s1. The lowest BCUT2D eigenvalue weighted by atomic mass is 10.1. The van der Waals surface area contributed by atoms with E-state index in [-0.39, 0.29) is 24.2 Å². The number of carbonyl (C=O) groups excluding carboxylic acids is 1. The van der Waals surface area contributed by atoms with Gasteiger partial charge in [-0.05, 0) is 42.7 Å². The number of non-ortho nitro benzene ring substituents is 1. The molecule has 7 nitrogen and oxygen atoms in total. The van der Waals surface area contributed by atoms with Crippen LogP contribution in [-0.2, 0) is 11.2 Å². The van der Waals surface area contributed by atoms with Crippen molar-refractivity contribution in [1.29, 1.82) is 0 Å². The third kappa shape index (κ3) is 3.26. The minimum atomic E-state index is -0.414. The molecule has 3 rings (SSSR count). The lowest BCUT2D eigenvalue weighted by Crippen LogP contribution is -2.38. The second kappa shape index (κ2) is 6.76. The van der Waals surface area contributed by atoms with Crippen molar-refractivity contribution < 1.29 is 9.72 Å². The van der Waals surface area contributed by atoms with E-state index in [9.17, 15) is 14.9 Å². The molecule has 1 aromatic carbocycles. The van der Waals surface area contributed by atoms with E-state index in [2.05, 4.69) is 10.3 Å². The van der Waals surface area contributed by atoms with Gasteiger partial charge in [0, 0.05) is 42.8 Å². The van der Waals surface area contributed by atoms with E-state index in [1.807, 2.05) is 19.1 Å². The molecule has 1 N–H and O–H groups in total. The number of pyridine rings is 1. The van der Waals surface area contributed by atoms with Crippen molar-refractivity contribution in [1.82, 2.24) is 10.3 Å². The van der Waals surface area contributed by atoms with Crippen LogP contribution in [0.2, 0.25) is 0 Å². The maximum absolute atomic E-state index is 12.5. The first-order valence-electron chi connectivity index (χ1n) is 7.77. The molecular formula is C17H18N4O3. The third-order valence-electron chi connectivity index (χ3n) is 4.24. The molecule has 0 aliphatic carbocycles. The average Bonchev–Trinajstić information content (AvgIpc) is 3.03. The number of nitrogens with zero attached hydrogens (tertiary/aromatic N) is 3. The Bertz CT molecular complexity index is 764. The van der Waals surface area contributed by atoms with Crippen LogP contribution in [0.1, 0.15) is 24.1 Å². The van der Waals surface area contributed by atoms with Crippen molar-refractivity contribution in [3.63, 3.8) is 0 Å². The number of nitro benzene ring substituents is 1. The molecule has 1 aliphatic heterocycles. The van der Waals surface area contributed by atoms with Crippen LogP contribution in [0.15, 0.2) is 42.7 Å². The summed E-state index contributed by atoms with van der Waals surface area (Å²) in [6.07, 6.45) is 4.08. The van der Waals surface area contributed by atoms with Crippen molar-refractivity contribution in [3.8, 4) is 0 Å². The van der Waals surface area contributed by atoms with E-state index in [1.165, 1.54) is 6.07 Å². The first-order chi connectivity index (χ1) is 11.6. The van der Waals surface area contributed by atoms with E-state index < -0.39 is 4.92 Å². The summed E-state index contributed by atoms with van der Waals surface area (Å²) >= 11 is 0. The highest BCUT2D eigenvalue weighted by molar-refractivity contribution is 5.97. The van der Waals surface area contributed by atoms with Crippen LogP contribution in [0.25, 0.3) is 0 Å². The van der Waals surface area contributed by atoms with Crippen molar-refractivity contribution in [2.75, 3.05) is 18.0 Å². The number of rotatable bonds is 5. The second-order valence-corrected chi connectivity index (χ2v) is 5.75. The van der Waals surface area contributed by atoms with Crippen LogP contribution in [0.3, 0.4) is 0 Å². The molecule has 0 radical (unpaired) electrons. The lowest BCUT2D eigenvalue weighted by molar-refractivity contribution is -0.384. The van der Waals surface area contributed by atoms with E-state index in [4.69, 9.17) is 0 Å². The minimum absolute atomic E-state index is 0.0379. The second-order valence-electron chi connectivity index (χ2n) is 5.75. The Hall–Kier alpha value is -2.80. The minimum Gasteiger partial charge on any atom is -0.311 e. The zero-order valence-corrected chi connectivity index (χ0v) is 13.3. The van der Waals surface area contributed by atoms with Crippen LogP contribution in [0.4, 0.5) is 11.4 Å². The normalized spacial score (nSPS) is 14.3. The van der Waals surface area contributed by atoms with Crippen LogP contribution in [-0.4, -0.2) is 28.9 Å².